The third-order valence-corrected chi connectivity index (χ3v) is 5.27. The number of amides is 1. The van der Waals surface area contributed by atoms with Crippen LogP contribution >= 0.6 is 11.8 Å². The second-order valence-corrected chi connectivity index (χ2v) is 7.35. The second kappa shape index (κ2) is 6.68. The zero-order valence-corrected chi connectivity index (χ0v) is 15.3. The largest absolute Gasteiger partial charge is 0.310 e. The molecule has 0 spiro atoms. The lowest BCUT2D eigenvalue weighted by Crippen LogP contribution is -2.15. The molecule has 2 heterocycles. The molecule has 1 aliphatic rings. The molecule has 1 saturated carbocycles. The summed E-state index contributed by atoms with van der Waals surface area (Å²) < 4.78 is 13.0. The molecule has 6 heteroatoms. The number of halogens is 1. The molecular formula is C20H18FN3OS. The molecule has 1 aromatic carbocycles. The first-order valence-electron chi connectivity index (χ1n) is 8.41. The quantitative estimate of drug-likeness (QED) is 0.684. The number of carbonyl (C=O) groups excluding carboxylic acids is 1. The van der Waals surface area contributed by atoms with Crippen molar-refractivity contribution < 1.29 is 9.18 Å². The molecule has 2 unspecified atom stereocenters. The van der Waals surface area contributed by atoms with Gasteiger partial charge in [-0.25, -0.2) is 14.4 Å². The van der Waals surface area contributed by atoms with Crippen LogP contribution in [0.3, 0.4) is 0 Å². The molecule has 4 nitrogen and oxygen atoms in total. The van der Waals surface area contributed by atoms with E-state index in [1.165, 1.54) is 5.56 Å². The van der Waals surface area contributed by atoms with Crippen LogP contribution in [0.15, 0.2) is 47.8 Å². The number of alkyl halides is 1. The predicted octanol–water partition coefficient (Wildman–Crippen LogP) is 4.62. The Hall–Kier alpha value is -2.47. The summed E-state index contributed by atoms with van der Waals surface area (Å²) in [6, 6.07) is 10.00. The molecule has 4 rings (SSSR count). The molecule has 1 amide bonds. The molecule has 0 radical (unpaired) electrons. The number of anilines is 1. The Labute approximate surface area is 155 Å². The van der Waals surface area contributed by atoms with Gasteiger partial charge in [0.05, 0.1) is 10.9 Å². The lowest BCUT2D eigenvalue weighted by atomic mass is 10.0. The van der Waals surface area contributed by atoms with E-state index in [2.05, 4.69) is 34.3 Å². The van der Waals surface area contributed by atoms with Gasteiger partial charge in [-0.2, -0.15) is 0 Å². The number of nitrogens with one attached hydrogen (secondary N) is 1. The van der Waals surface area contributed by atoms with Crippen LogP contribution < -0.4 is 5.32 Å². The van der Waals surface area contributed by atoms with Gasteiger partial charge in [0, 0.05) is 23.3 Å². The van der Waals surface area contributed by atoms with Gasteiger partial charge in [0.25, 0.3) is 0 Å². The number of hydrogen-bond donors (Lipinski definition) is 1. The normalized spacial score (nSPS) is 18.7. The zero-order chi connectivity index (χ0) is 18.3. The second-order valence-electron chi connectivity index (χ2n) is 6.52. The number of thioether (sulfide) groups is 1. The Balaban J connectivity index is 1.62. The molecule has 0 aliphatic heterocycles. The predicted molar refractivity (Wildman–Crippen MR) is 103 cm³/mol. The minimum atomic E-state index is -1.01. The summed E-state index contributed by atoms with van der Waals surface area (Å²) in [6.07, 6.45) is 4.94. The topological polar surface area (TPSA) is 54.9 Å². The highest BCUT2D eigenvalue weighted by Gasteiger charge is 2.43. The van der Waals surface area contributed by atoms with Crippen molar-refractivity contribution in [1.29, 1.82) is 0 Å². The Morgan fingerprint density at radius 2 is 2.00 bits per heavy atom. The zero-order valence-electron chi connectivity index (χ0n) is 14.5. The highest BCUT2D eigenvalue weighted by atomic mass is 32.2. The number of pyridine rings is 2. The van der Waals surface area contributed by atoms with E-state index in [1.54, 1.807) is 18.0 Å². The van der Waals surface area contributed by atoms with Crippen LogP contribution in [0.4, 0.5) is 10.2 Å². The van der Waals surface area contributed by atoms with E-state index in [1.807, 2.05) is 30.7 Å². The van der Waals surface area contributed by atoms with E-state index < -0.39 is 12.1 Å². The van der Waals surface area contributed by atoms with Crippen LogP contribution in [-0.4, -0.2) is 28.3 Å². The Kier molecular flexibility index (Phi) is 4.36. The average molecular weight is 367 g/mol. The Morgan fingerprint density at radius 3 is 2.69 bits per heavy atom. The van der Waals surface area contributed by atoms with Crippen molar-refractivity contribution in [2.75, 3.05) is 11.6 Å². The average Bonchev–Trinajstić information content (AvgIpc) is 3.38. The summed E-state index contributed by atoms with van der Waals surface area (Å²) in [4.78, 5) is 20.6. The number of aryl methyl sites for hydroxylation is 1. The molecular weight excluding hydrogens is 349 g/mol. The SMILES string of the molecule is CSc1cc(C)c(-c2ccc3cc(NC(=O)C4CC4F)ncc3c2)cn1. The number of nitrogens with zero attached hydrogens (tertiary/aromatic N) is 2. The molecule has 0 bridgehead atoms. The standard InChI is InChI=1S/C20H18FN3OS/c1-11-5-19(26-2)23-10-16(11)13-4-3-12-7-18(22-9-14(12)6-13)24-20(25)15-8-17(15)21/h3-7,9-10,15,17H,8H2,1-2H3,(H,22,24,25). The van der Waals surface area contributed by atoms with Crippen LogP contribution in [0, 0.1) is 12.8 Å². The van der Waals surface area contributed by atoms with Crippen LogP contribution in [0.25, 0.3) is 21.9 Å². The molecule has 1 aliphatic carbocycles. The number of benzene rings is 1. The number of hydrogen-bond acceptors (Lipinski definition) is 4. The van der Waals surface area contributed by atoms with Crippen LogP contribution in [0.2, 0.25) is 0 Å². The van der Waals surface area contributed by atoms with Crippen molar-refractivity contribution in [3.8, 4) is 11.1 Å². The summed E-state index contributed by atoms with van der Waals surface area (Å²) in [6.45, 7) is 2.08. The number of rotatable bonds is 4. The summed E-state index contributed by atoms with van der Waals surface area (Å²) in [5.74, 6) is -0.359. The lowest BCUT2D eigenvalue weighted by Gasteiger charge is -2.09. The van der Waals surface area contributed by atoms with Crippen LogP contribution in [0.5, 0.6) is 0 Å². The summed E-state index contributed by atoms with van der Waals surface area (Å²) in [7, 11) is 0. The highest BCUT2D eigenvalue weighted by Crippen LogP contribution is 2.35. The summed E-state index contributed by atoms with van der Waals surface area (Å²) in [5.41, 5.74) is 3.34. The first kappa shape index (κ1) is 17.0. The summed E-state index contributed by atoms with van der Waals surface area (Å²) >= 11 is 1.62. The smallest absolute Gasteiger partial charge is 0.231 e. The number of aromatic nitrogens is 2. The fourth-order valence-corrected chi connectivity index (χ4v) is 3.43. The molecule has 132 valence electrons. The molecule has 2 aromatic heterocycles. The van der Waals surface area contributed by atoms with Crippen LogP contribution in [-0.2, 0) is 4.79 Å². The Bertz CT molecular complexity index is 1010. The molecule has 2 atom stereocenters. The van der Waals surface area contributed by atoms with Crippen molar-refractivity contribution >= 4 is 34.3 Å². The van der Waals surface area contributed by atoms with Gasteiger partial charge in [-0.05, 0) is 54.3 Å². The maximum atomic E-state index is 13.0. The first-order chi connectivity index (χ1) is 12.5. The summed E-state index contributed by atoms with van der Waals surface area (Å²) in [5, 5.41) is 5.64. The van der Waals surface area contributed by atoms with Crippen molar-refractivity contribution in [2.24, 2.45) is 5.92 Å². The lowest BCUT2D eigenvalue weighted by molar-refractivity contribution is -0.117. The van der Waals surface area contributed by atoms with E-state index in [-0.39, 0.29) is 5.91 Å². The van der Waals surface area contributed by atoms with Crippen LogP contribution in [0.1, 0.15) is 12.0 Å². The molecule has 26 heavy (non-hydrogen) atoms. The fourth-order valence-electron chi connectivity index (χ4n) is 2.98. The highest BCUT2D eigenvalue weighted by molar-refractivity contribution is 7.98. The van der Waals surface area contributed by atoms with Crippen molar-refractivity contribution in [3.05, 3.63) is 48.3 Å². The Morgan fingerprint density at radius 1 is 1.19 bits per heavy atom. The van der Waals surface area contributed by atoms with E-state index in [0.717, 1.165) is 26.9 Å². The van der Waals surface area contributed by atoms with E-state index in [4.69, 9.17) is 0 Å². The van der Waals surface area contributed by atoms with Gasteiger partial charge in [-0.15, -0.1) is 11.8 Å². The van der Waals surface area contributed by atoms with Gasteiger partial charge in [-0.3, -0.25) is 4.79 Å². The van der Waals surface area contributed by atoms with Gasteiger partial charge in [0.1, 0.15) is 12.0 Å². The van der Waals surface area contributed by atoms with E-state index in [0.29, 0.717) is 12.2 Å². The van der Waals surface area contributed by atoms with E-state index >= 15 is 0 Å². The van der Waals surface area contributed by atoms with Crippen molar-refractivity contribution in [1.82, 2.24) is 9.97 Å². The van der Waals surface area contributed by atoms with Crippen molar-refractivity contribution in [2.45, 2.75) is 24.5 Å². The van der Waals surface area contributed by atoms with Crippen molar-refractivity contribution in [3.63, 3.8) is 0 Å². The monoisotopic (exact) mass is 367 g/mol. The molecule has 3 aromatic rings. The molecule has 1 fully saturated rings. The third kappa shape index (κ3) is 3.29. The van der Waals surface area contributed by atoms with E-state index in [9.17, 15) is 9.18 Å². The number of carbonyl (C=O) groups is 1. The number of fused-ring (bicyclic) bond motifs is 1. The van der Waals surface area contributed by atoms with Gasteiger partial charge >= 0.3 is 0 Å². The van der Waals surface area contributed by atoms with Gasteiger partial charge in [0.2, 0.25) is 5.91 Å². The molecule has 1 N–H and O–H groups in total. The minimum absolute atomic E-state index is 0.295. The fraction of sp³-hybridized carbons (Fsp3) is 0.250. The third-order valence-electron chi connectivity index (χ3n) is 4.63. The van der Waals surface area contributed by atoms with Gasteiger partial charge in [0.15, 0.2) is 0 Å². The maximum Gasteiger partial charge on any atom is 0.231 e. The molecule has 0 saturated heterocycles. The minimum Gasteiger partial charge on any atom is -0.310 e. The van der Waals surface area contributed by atoms with Gasteiger partial charge in [-0.1, -0.05) is 12.1 Å². The van der Waals surface area contributed by atoms with Gasteiger partial charge < -0.3 is 5.32 Å². The first-order valence-corrected chi connectivity index (χ1v) is 9.63. The maximum absolute atomic E-state index is 13.0.